The van der Waals surface area contributed by atoms with Gasteiger partial charge in [0.1, 0.15) is 42.7 Å². The molecule has 252 valence electrons. The summed E-state index contributed by atoms with van der Waals surface area (Å²) >= 11 is 0. The lowest BCUT2D eigenvalue weighted by molar-refractivity contribution is -0.391. The Labute approximate surface area is 254 Å². The molecule has 2 rings (SSSR count). The standard InChI is InChI=1S/C30H54O13/c1-3-5-7-9-11-13-15-19(33)28(41-22(34)16-14-12-10-8-6-4-2)30(27(39)24(36)21(18-32)42-30)43-29-26(38)25(37)23(35)20(17-31)40-29/h20-21,23-29,31-32,35-39H,3-18H2,1-2H3/t20-,21-,23-,24-,25+,26-,27+,28?,29-,30-/m1/s1. The van der Waals surface area contributed by atoms with Gasteiger partial charge in [-0.25, -0.2) is 0 Å². The molecule has 2 heterocycles. The molecule has 43 heavy (non-hydrogen) atoms. The van der Waals surface area contributed by atoms with Crippen molar-refractivity contribution in [2.24, 2.45) is 0 Å². The van der Waals surface area contributed by atoms with Gasteiger partial charge in [-0.05, 0) is 12.8 Å². The van der Waals surface area contributed by atoms with Gasteiger partial charge >= 0.3 is 5.97 Å². The summed E-state index contributed by atoms with van der Waals surface area (Å²) < 4.78 is 22.6. The predicted octanol–water partition coefficient (Wildman–Crippen LogP) is 0.594. The number of rotatable bonds is 21. The SMILES string of the molecule is CCCCCCCCC(=O)OC(C(=O)CCCCCCCC)[C@@]1(O[C@H]2O[C@H](CO)[C@@H](O)[C@H](O)[C@H]2O)O[C@H](CO)[C@@H](O)[C@@H]1O. The van der Waals surface area contributed by atoms with Crippen molar-refractivity contribution in [2.45, 2.75) is 165 Å². The summed E-state index contributed by atoms with van der Waals surface area (Å²) in [6.45, 7) is 2.60. The lowest BCUT2D eigenvalue weighted by Crippen LogP contribution is -2.65. The fourth-order valence-electron chi connectivity index (χ4n) is 5.51. The third-order valence-corrected chi connectivity index (χ3v) is 8.20. The van der Waals surface area contributed by atoms with E-state index in [0.29, 0.717) is 12.8 Å². The number of unbranched alkanes of at least 4 members (excludes halogenated alkanes) is 10. The van der Waals surface area contributed by atoms with E-state index in [1.165, 1.54) is 0 Å². The fraction of sp³-hybridized carbons (Fsp3) is 0.933. The number of aliphatic hydroxyl groups is 7. The van der Waals surface area contributed by atoms with Crippen molar-refractivity contribution < 1.29 is 64.3 Å². The van der Waals surface area contributed by atoms with Crippen LogP contribution in [0.4, 0.5) is 0 Å². The van der Waals surface area contributed by atoms with Crippen LogP contribution >= 0.6 is 0 Å². The summed E-state index contributed by atoms with van der Waals surface area (Å²) in [5.41, 5.74) is 0. The van der Waals surface area contributed by atoms with E-state index < -0.39 is 85.9 Å². The average molecular weight is 623 g/mol. The highest BCUT2D eigenvalue weighted by Crippen LogP contribution is 2.41. The minimum Gasteiger partial charge on any atom is -0.448 e. The predicted molar refractivity (Wildman–Crippen MR) is 152 cm³/mol. The van der Waals surface area contributed by atoms with E-state index in [1.807, 2.05) is 0 Å². The monoisotopic (exact) mass is 622 g/mol. The molecule has 0 radical (unpaired) electrons. The number of ether oxygens (including phenoxy) is 4. The second-order valence-electron chi connectivity index (χ2n) is 11.7. The van der Waals surface area contributed by atoms with E-state index in [0.717, 1.165) is 64.2 Å². The molecule has 0 saturated carbocycles. The molecule has 10 atom stereocenters. The lowest BCUT2D eigenvalue weighted by Gasteiger charge is -2.45. The number of Topliss-reactive ketones (excluding diaryl/α,β-unsaturated/α-hetero) is 1. The molecule has 0 aliphatic carbocycles. The summed E-state index contributed by atoms with van der Waals surface area (Å²) in [6.07, 6.45) is -5.72. The van der Waals surface area contributed by atoms with Gasteiger partial charge in [-0.15, -0.1) is 0 Å². The Bertz CT molecular complexity index is 811. The van der Waals surface area contributed by atoms with E-state index in [9.17, 15) is 45.3 Å². The highest BCUT2D eigenvalue weighted by atomic mass is 16.8. The Morgan fingerprint density at radius 1 is 0.698 bits per heavy atom. The van der Waals surface area contributed by atoms with Crippen LogP contribution < -0.4 is 0 Å². The molecule has 0 bridgehead atoms. The molecule has 0 amide bonds. The minimum atomic E-state index is -2.66. The van der Waals surface area contributed by atoms with Crippen LogP contribution in [0.15, 0.2) is 0 Å². The van der Waals surface area contributed by atoms with Crippen molar-refractivity contribution >= 4 is 11.8 Å². The van der Waals surface area contributed by atoms with Crippen molar-refractivity contribution in [2.75, 3.05) is 13.2 Å². The fourth-order valence-corrected chi connectivity index (χ4v) is 5.51. The molecule has 13 heteroatoms. The van der Waals surface area contributed by atoms with Gasteiger partial charge in [0.25, 0.3) is 0 Å². The Kier molecular flexibility index (Phi) is 17.0. The van der Waals surface area contributed by atoms with Crippen molar-refractivity contribution in [1.82, 2.24) is 0 Å². The zero-order valence-corrected chi connectivity index (χ0v) is 25.6. The molecule has 2 aliphatic heterocycles. The second kappa shape index (κ2) is 19.3. The van der Waals surface area contributed by atoms with E-state index in [2.05, 4.69) is 13.8 Å². The van der Waals surface area contributed by atoms with Gasteiger partial charge in [0, 0.05) is 12.8 Å². The molecule has 7 N–H and O–H groups in total. The number of carbonyl (C=O) groups is 2. The average Bonchev–Trinajstić information content (AvgIpc) is 3.24. The molecule has 2 fully saturated rings. The van der Waals surface area contributed by atoms with Crippen LogP contribution in [-0.4, -0.2) is 122 Å². The number of aliphatic hydroxyl groups excluding tert-OH is 7. The maximum atomic E-state index is 13.7. The van der Waals surface area contributed by atoms with Crippen LogP contribution in [0.1, 0.15) is 104 Å². The molecular weight excluding hydrogens is 568 g/mol. The van der Waals surface area contributed by atoms with Gasteiger partial charge in [0.2, 0.25) is 11.9 Å². The maximum absolute atomic E-state index is 13.7. The van der Waals surface area contributed by atoms with Crippen molar-refractivity contribution in [3.63, 3.8) is 0 Å². The zero-order chi connectivity index (χ0) is 32.0. The Balaban J connectivity index is 2.34. The molecular formula is C30H54O13. The largest absolute Gasteiger partial charge is 0.448 e. The molecule has 0 aromatic rings. The first-order chi connectivity index (χ1) is 20.6. The van der Waals surface area contributed by atoms with Crippen LogP contribution in [-0.2, 0) is 28.5 Å². The van der Waals surface area contributed by atoms with Gasteiger partial charge in [0.15, 0.2) is 12.1 Å². The number of hydrogen-bond acceptors (Lipinski definition) is 13. The van der Waals surface area contributed by atoms with Gasteiger partial charge in [-0.3, -0.25) is 9.59 Å². The van der Waals surface area contributed by atoms with E-state index >= 15 is 0 Å². The first-order valence-electron chi connectivity index (χ1n) is 15.9. The molecule has 13 nitrogen and oxygen atoms in total. The van der Waals surface area contributed by atoms with Gasteiger partial charge in [-0.2, -0.15) is 0 Å². The normalized spacial score (nSPS) is 33.4. The highest BCUT2D eigenvalue weighted by Gasteiger charge is 2.65. The summed E-state index contributed by atoms with van der Waals surface area (Å²) in [4.78, 5) is 26.7. The Morgan fingerprint density at radius 2 is 1.23 bits per heavy atom. The van der Waals surface area contributed by atoms with Crippen LogP contribution in [0.2, 0.25) is 0 Å². The Hall–Kier alpha value is -1.26. The topological polar surface area (TPSA) is 213 Å². The van der Waals surface area contributed by atoms with Crippen LogP contribution in [0.5, 0.6) is 0 Å². The summed E-state index contributed by atoms with van der Waals surface area (Å²) in [5.74, 6) is -4.11. The van der Waals surface area contributed by atoms with Crippen LogP contribution in [0.3, 0.4) is 0 Å². The minimum absolute atomic E-state index is 0.0366. The molecule has 0 spiro atoms. The summed E-state index contributed by atoms with van der Waals surface area (Å²) in [5, 5.41) is 72.5. The molecule has 2 aliphatic rings. The molecule has 0 aromatic heterocycles. The second-order valence-corrected chi connectivity index (χ2v) is 11.7. The quantitative estimate of drug-likeness (QED) is 0.0691. The molecule has 2 saturated heterocycles. The number of esters is 1. The van der Waals surface area contributed by atoms with Gasteiger partial charge < -0.3 is 54.7 Å². The Morgan fingerprint density at radius 3 is 1.77 bits per heavy atom. The third kappa shape index (κ3) is 10.4. The molecule has 0 aromatic carbocycles. The smallest absolute Gasteiger partial charge is 0.306 e. The van der Waals surface area contributed by atoms with Gasteiger partial charge in [0.05, 0.1) is 13.2 Å². The van der Waals surface area contributed by atoms with E-state index in [1.54, 1.807) is 0 Å². The first-order valence-corrected chi connectivity index (χ1v) is 15.9. The zero-order valence-electron chi connectivity index (χ0n) is 25.6. The highest BCUT2D eigenvalue weighted by molar-refractivity contribution is 5.87. The van der Waals surface area contributed by atoms with Crippen LogP contribution in [0, 0.1) is 0 Å². The van der Waals surface area contributed by atoms with Gasteiger partial charge in [-0.1, -0.05) is 78.1 Å². The number of hydrogen-bond donors (Lipinski definition) is 7. The van der Waals surface area contributed by atoms with Crippen LogP contribution in [0.25, 0.3) is 0 Å². The number of carbonyl (C=O) groups excluding carboxylic acids is 2. The van der Waals surface area contributed by atoms with E-state index in [-0.39, 0.29) is 12.8 Å². The summed E-state index contributed by atoms with van der Waals surface area (Å²) in [6, 6.07) is 0. The summed E-state index contributed by atoms with van der Waals surface area (Å²) in [7, 11) is 0. The van der Waals surface area contributed by atoms with E-state index in [4.69, 9.17) is 18.9 Å². The number of ketones is 1. The third-order valence-electron chi connectivity index (χ3n) is 8.20. The van der Waals surface area contributed by atoms with Crippen molar-refractivity contribution in [3.05, 3.63) is 0 Å². The lowest BCUT2D eigenvalue weighted by atomic mass is 9.93. The van der Waals surface area contributed by atoms with Crippen molar-refractivity contribution in [3.8, 4) is 0 Å². The molecule has 1 unspecified atom stereocenters. The first kappa shape index (κ1) is 37.9. The van der Waals surface area contributed by atoms with Crippen molar-refractivity contribution in [1.29, 1.82) is 0 Å². The maximum Gasteiger partial charge on any atom is 0.306 e.